The van der Waals surface area contributed by atoms with Gasteiger partial charge < -0.3 is 10.0 Å². The van der Waals surface area contributed by atoms with Crippen molar-refractivity contribution >= 4 is 33.2 Å². The van der Waals surface area contributed by atoms with Gasteiger partial charge in [-0.25, -0.2) is 0 Å². The molecule has 0 aliphatic heterocycles. The van der Waals surface area contributed by atoms with Crippen molar-refractivity contribution < 1.29 is 9.90 Å². The lowest BCUT2D eigenvalue weighted by Gasteiger charge is -2.19. The first-order chi connectivity index (χ1) is 8.67. The first-order valence-electron chi connectivity index (χ1n) is 5.91. The van der Waals surface area contributed by atoms with Gasteiger partial charge in [0.2, 0.25) is 5.91 Å². The van der Waals surface area contributed by atoms with Gasteiger partial charge in [0, 0.05) is 24.4 Å². The van der Waals surface area contributed by atoms with Crippen LogP contribution in [0.5, 0.6) is 0 Å². The molecule has 1 rings (SSSR count). The zero-order chi connectivity index (χ0) is 13.4. The van der Waals surface area contributed by atoms with E-state index in [9.17, 15) is 4.79 Å². The molecular weight excluding hydrogens is 314 g/mol. The number of thiophene rings is 1. The zero-order valence-corrected chi connectivity index (χ0v) is 12.7. The highest BCUT2D eigenvalue weighted by molar-refractivity contribution is 9.11. The number of aryl methyl sites for hydroxylation is 1. The number of carbonyl (C=O) groups is 1. The Morgan fingerprint density at radius 2 is 2.33 bits per heavy atom. The summed E-state index contributed by atoms with van der Waals surface area (Å²) in [5.74, 6) is 0.0829. The number of nitrogens with zero attached hydrogens (tertiary/aromatic N) is 1. The molecule has 0 saturated carbocycles. The van der Waals surface area contributed by atoms with Crippen LogP contribution in [-0.2, 0) is 11.2 Å². The van der Waals surface area contributed by atoms with Crippen molar-refractivity contribution in [2.75, 3.05) is 19.7 Å². The van der Waals surface area contributed by atoms with Crippen LogP contribution in [0.4, 0.5) is 0 Å². The fourth-order valence-electron chi connectivity index (χ4n) is 1.65. The Morgan fingerprint density at radius 1 is 1.56 bits per heavy atom. The van der Waals surface area contributed by atoms with Gasteiger partial charge in [-0.2, -0.15) is 0 Å². The third-order valence-electron chi connectivity index (χ3n) is 2.51. The number of aliphatic hydroxyl groups excluding tert-OH is 1. The molecule has 0 atom stereocenters. The van der Waals surface area contributed by atoms with Crippen LogP contribution in [0.3, 0.4) is 0 Å². The minimum absolute atomic E-state index is 0.00253. The number of rotatable bonds is 8. The molecule has 1 aromatic heterocycles. The van der Waals surface area contributed by atoms with Gasteiger partial charge >= 0.3 is 0 Å². The van der Waals surface area contributed by atoms with Crippen molar-refractivity contribution in [3.05, 3.63) is 33.5 Å². The molecule has 1 amide bonds. The Bertz CT molecular complexity index is 392. The maximum absolute atomic E-state index is 11.9. The number of amides is 1. The molecule has 0 radical (unpaired) electrons. The largest absolute Gasteiger partial charge is 0.395 e. The Balaban J connectivity index is 2.32. The lowest BCUT2D eigenvalue weighted by molar-refractivity contribution is -0.131. The minimum atomic E-state index is -0.00253. The van der Waals surface area contributed by atoms with Crippen LogP contribution in [0.15, 0.2) is 28.6 Å². The smallest absolute Gasteiger partial charge is 0.222 e. The van der Waals surface area contributed by atoms with Crippen molar-refractivity contribution in [3.63, 3.8) is 0 Å². The second-order valence-corrected chi connectivity index (χ2v) is 6.46. The van der Waals surface area contributed by atoms with E-state index in [1.54, 1.807) is 22.3 Å². The molecule has 0 spiro atoms. The van der Waals surface area contributed by atoms with Gasteiger partial charge in [-0.3, -0.25) is 4.79 Å². The number of aliphatic hydroxyl groups is 1. The van der Waals surface area contributed by atoms with E-state index < -0.39 is 0 Å². The van der Waals surface area contributed by atoms with Crippen molar-refractivity contribution in [2.24, 2.45) is 0 Å². The summed E-state index contributed by atoms with van der Waals surface area (Å²) in [5, 5.41) is 8.89. The van der Waals surface area contributed by atoms with Gasteiger partial charge in [-0.15, -0.1) is 17.9 Å². The molecule has 0 aliphatic rings. The Labute approximate surface area is 120 Å². The molecule has 0 unspecified atom stereocenters. The summed E-state index contributed by atoms with van der Waals surface area (Å²) in [5.41, 5.74) is 0. The molecule has 0 bridgehead atoms. The number of hydrogen-bond acceptors (Lipinski definition) is 3. The van der Waals surface area contributed by atoms with E-state index in [-0.39, 0.29) is 12.5 Å². The highest BCUT2D eigenvalue weighted by Crippen LogP contribution is 2.23. The van der Waals surface area contributed by atoms with Gasteiger partial charge in [0.1, 0.15) is 0 Å². The molecule has 1 heterocycles. The van der Waals surface area contributed by atoms with E-state index in [0.717, 1.165) is 16.6 Å². The molecule has 0 aromatic carbocycles. The predicted octanol–water partition coefficient (Wildman–Crippen LogP) is 2.84. The summed E-state index contributed by atoms with van der Waals surface area (Å²) in [4.78, 5) is 14.8. The fourth-order valence-corrected chi connectivity index (χ4v) is 3.18. The lowest BCUT2D eigenvalue weighted by Crippen LogP contribution is -2.33. The van der Waals surface area contributed by atoms with Crippen LogP contribution >= 0.6 is 27.3 Å². The number of carbonyl (C=O) groups excluding carboxylic acids is 1. The topological polar surface area (TPSA) is 40.5 Å². The summed E-state index contributed by atoms with van der Waals surface area (Å²) in [6, 6.07) is 4.10. The summed E-state index contributed by atoms with van der Waals surface area (Å²) < 4.78 is 1.12. The van der Waals surface area contributed by atoms with Gasteiger partial charge in [0.25, 0.3) is 0 Å². The highest BCUT2D eigenvalue weighted by atomic mass is 79.9. The van der Waals surface area contributed by atoms with Crippen molar-refractivity contribution in [2.45, 2.75) is 19.3 Å². The Kier molecular flexibility index (Phi) is 7.23. The van der Waals surface area contributed by atoms with Crippen LogP contribution in [0.2, 0.25) is 0 Å². The quantitative estimate of drug-likeness (QED) is 0.744. The molecule has 5 heteroatoms. The molecule has 1 aromatic rings. The van der Waals surface area contributed by atoms with Crippen molar-refractivity contribution in [1.29, 1.82) is 0 Å². The van der Waals surface area contributed by atoms with E-state index in [1.807, 2.05) is 6.07 Å². The van der Waals surface area contributed by atoms with E-state index in [2.05, 4.69) is 28.6 Å². The molecule has 100 valence electrons. The van der Waals surface area contributed by atoms with Gasteiger partial charge in [0.05, 0.1) is 10.4 Å². The van der Waals surface area contributed by atoms with Gasteiger partial charge in [-0.05, 0) is 40.9 Å². The second-order valence-electron chi connectivity index (χ2n) is 3.91. The van der Waals surface area contributed by atoms with Crippen LogP contribution in [0.1, 0.15) is 17.7 Å². The monoisotopic (exact) mass is 331 g/mol. The first kappa shape index (κ1) is 15.4. The van der Waals surface area contributed by atoms with Crippen molar-refractivity contribution in [1.82, 2.24) is 4.90 Å². The van der Waals surface area contributed by atoms with E-state index in [0.29, 0.717) is 19.5 Å². The van der Waals surface area contributed by atoms with Crippen LogP contribution in [-0.4, -0.2) is 35.6 Å². The van der Waals surface area contributed by atoms with E-state index >= 15 is 0 Å². The maximum atomic E-state index is 11.9. The highest BCUT2D eigenvalue weighted by Gasteiger charge is 2.11. The first-order valence-corrected chi connectivity index (χ1v) is 7.52. The summed E-state index contributed by atoms with van der Waals surface area (Å²) in [7, 11) is 0. The average molecular weight is 332 g/mol. The van der Waals surface area contributed by atoms with Gasteiger partial charge in [-0.1, -0.05) is 6.08 Å². The molecule has 0 fully saturated rings. The summed E-state index contributed by atoms with van der Waals surface area (Å²) >= 11 is 5.13. The Morgan fingerprint density at radius 3 is 2.89 bits per heavy atom. The minimum Gasteiger partial charge on any atom is -0.395 e. The maximum Gasteiger partial charge on any atom is 0.222 e. The third-order valence-corrected chi connectivity index (χ3v) is 4.20. The third kappa shape index (κ3) is 5.33. The molecule has 3 nitrogen and oxygen atoms in total. The molecule has 18 heavy (non-hydrogen) atoms. The van der Waals surface area contributed by atoms with E-state index in [1.165, 1.54) is 4.88 Å². The van der Waals surface area contributed by atoms with E-state index in [4.69, 9.17) is 5.11 Å². The molecule has 0 saturated heterocycles. The van der Waals surface area contributed by atoms with Crippen LogP contribution in [0, 0.1) is 0 Å². The normalized spacial score (nSPS) is 10.3. The summed E-state index contributed by atoms with van der Waals surface area (Å²) in [6.07, 6.45) is 3.96. The van der Waals surface area contributed by atoms with Crippen LogP contribution in [0.25, 0.3) is 0 Å². The standard InChI is InChI=1S/C13H18BrNO2S/c1-2-8-15(9-10-16)13(17)5-3-4-11-6-7-12(14)18-11/h2,6-7,16H,1,3-5,8-10H2. The second kappa shape index (κ2) is 8.45. The van der Waals surface area contributed by atoms with Crippen LogP contribution < -0.4 is 0 Å². The van der Waals surface area contributed by atoms with Gasteiger partial charge in [0.15, 0.2) is 0 Å². The fraction of sp³-hybridized carbons (Fsp3) is 0.462. The number of hydrogen-bond donors (Lipinski definition) is 1. The average Bonchev–Trinajstić information content (AvgIpc) is 2.75. The lowest BCUT2D eigenvalue weighted by atomic mass is 10.2. The molecule has 1 N–H and O–H groups in total. The molecule has 0 aliphatic carbocycles. The SMILES string of the molecule is C=CCN(CCO)C(=O)CCCc1ccc(Br)s1. The summed E-state index contributed by atoms with van der Waals surface area (Å²) in [6.45, 7) is 4.50. The predicted molar refractivity (Wildman–Crippen MR) is 78.8 cm³/mol. The number of halogens is 1. The molecular formula is C13H18BrNO2S. The van der Waals surface area contributed by atoms with Crippen molar-refractivity contribution in [3.8, 4) is 0 Å². The zero-order valence-electron chi connectivity index (χ0n) is 10.3. The Hall–Kier alpha value is -0.650.